The lowest BCUT2D eigenvalue weighted by Crippen LogP contribution is -2.27. The van der Waals surface area contributed by atoms with Gasteiger partial charge in [0, 0.05) is 6.54 Å². The van der Waals surface area contributed by atoms with E-state index in [4.69, 9.17) is 23.7 Å². The summed E-state index contributed by atoms with van der Waals surface area (Å²) >= 11 is 0. The first-order chi connectivity index (χ1) is 17.5. The molecule has 0 bridgehead atoms. The molecule has 8 heteroatoms. The first kappa shape index (κ1) is 26.4. The van der Waals surface area contributed by atoms with Crippen molar-refractivity contribution in [3.63, 3.8) is 0 Å². The highest BCUT2D eigenvalue weighted by atomic mass is 16.7. The Bertz CT molecular complexity index is 1150. The predicted molar refractivity (Wildman–Crippen MR) is 135 cm³/mol. The van der Waals surface area contributed by atoms with Crippen LogP contribution in [0.15, 0.2) is 66.7 Å². The molecule has 1 N–H and O–H groups in total. The summed E-state index contributed by atoms with van der Waals surface area (Å²) in [6.07, 6.45) is -0.0797. The van der Waals surface area contributed by atoms with E-state index in [0.717, 1.165) is 11.1 Å². The van der Waals surface area contributed by atoms with E-state index >= 15 is 0 Å². The van der Waals surface area contributed by atoms with Crippen molar-refractivity contribution < 1.29 is 33.3 Å². The zero-order chi connectivity index (χ0) is 25.8. The fraction of sp³-hybridized carbons (Fsp3) is 0.286. The number of methoxy groups -OCH3 is 2. The van der Waals surface area contributed by atoms with Crippen LogP contribution in [0.1, 0.15) is 23.6 Å². The van der Waals surface area contributed by atoms with Gasteiger partial charge in [-0.05, 0) is 54.3 Å². The van der Waals surface area contributed by atoms with E-state index in [2.05, 4.69) is 5.32 Å². The standard InChI is InChI=1S/C28H31NO7/c1-4-34-28(31)36-26-17-22(11-12-23(26)32-2)18-27(30)29-15-14-20-10-13-24(25(16-20)33-3)35-19-21-8-6-5-7-9-21/h5-13,16-17H,4,14-15,18-19H2,1-3H3,(H,29,30). The van der Waals surface area contributed by atoms with Gasteiger partial charge in [0.1, 0.15) is 6.61 Å². The summed E-state index contributed by atoms with van der Waals surface area (Å²) in [6, 6.07) is 20.6. The molecular weight excluding hydrogens is 462 g/mol. The first-order valence-electron chi connectivity index (χ1n) is 11.6. The van der Waals surface area contributed by atoms with Gasteiger partial charge in [-0.15, -0.1) is 0 Å². The van der Waals surface area contributed by atoms with Crippen LogP contribution in [-0.2, 0) is 29.0 Å². The van der Waals surface area contributed by atoms with Crippen molar-refractivity contribution >= 4 is 12.1 Å². The van der Waals surface area contributed by atoms with Crippen LogP contribution in [0.2, 0.25) is 0 Å². The van der Waals surface area contributed by atoms with Gasteiger partial charge in [-0.1, -0.05) is 42.5 Å². The molecule has 0 atom stereocenters. The number of carbonyl (C=O) groups excluding carboxylic acids is 2. The highest BCUT2D eigenvalue weighted by Crippen LogP contribution is 2.30. The third-order valence-electron chi connectivity index (χ3n) is 5.25. The SMILES string of the molecule is CCOC(=O)Oc1cc(CC(=O)NCCc2ccc(OCc3ccccc3)c(OC)c2)ccc1OC. The van der Waals surface area contributed by atoms with Gasteiger partial charge in [-0.3, -0.25) is 4.79 Å². The lowest BCUT2D eigenvalue weighted by atomic mass is 10.1. The van der Waals surface area contributed by atoms with Gasteiger partial charge in [0.05, 0.1) is 27.2 Å². The summed E-state index contributed by atoms with van der Waals surface area (Å²) in [5, 5.41) is 2.91. The summed E-state index contributed by atoms with van der Waals surface area (Å²) < 4.78 is 26.6. The minimum absolute atomic E-state index is 0.124. The summed E-state index contributed by atoms with van der Waals surface area (Å²) in [6.45, 7) is 2.78. The van der Waals surface area contributed by atoms with Gasteiger partial charge >= 0.3 is 6.16 Å². The largest absolute Gasteiger partial charge is 0.513 e. The molecular formula is C28H31NO7. The van der Waals surface area contributed by atoms with Crippen LogP contribution >= 0.6 is 0 Å². The molecule has 0 aliphatic heterocycles. The Balaban J connectivity index is 1.51. The smallest absolute Gasteiger partial charge is 0.493 e. The molecule has 36 heavy (non-hydrogen) atoms. The van der Waals surface area contributed by atoms with E-state index in [9.17, 15) is 9.59 Å². The summed E-state index contributed by atoms with van der Waals surface area (Å²) in [5.74, 6) is 1.72. The topological polar surface area (TPSA) is 92.3 Å². The third-order valence-corrected chi connectivity index (χ3v) is 5.25. The second kappa shape index (κ2) is 13.6. The Morgan fingerprint density at radius 1 is 0.778 bits per heavy atom. The molecule has 0 heterocycles. The average molecular weight is 494 g/mol. The minimum Gasteiger partial charge on any atom is -0.493 e. The zero-order valence-electron chi connectivity index (χ0n) is 20.7. The predicted octanol–water partition coefficient (Wildman–Crippen LogP) is 4.72. The van der Waals surface area contributed by atoms with Gasteiger partial charge in [-0.2, -0.15) is 0 Å². The molecule has 0 aliphatic carbocycles. The molecule has 0 unspecified atom stereocenters. The van der Waals surface area contributed by atoms with E-state index in [-0.39, 0.29) is 24.7 Å². The van der Waals surface area contributed by atoms with Crippen LogP contribution < -0.4 is 24.3 Å². The first-order valence-corrected chi connectivity index (χ1v) is 11.6. The number of amides is 1. The number of ether oxygens (including phenoxy) is 5. The normalized spacial score (nSPS) is 10.3. The monoisotopic (exact) mass is 493 g/mol. The average Bonchev–Trinajstić information content (AvgIpc) is 2.88. The van der Waals surface area contributed by atoms with E-state index < -0.39 is 6.16 Å². The molecule has 8 nitrogen and oxygen atoms in total. The van der Waals surface area contributed by atoms with Crippen molar-refractivity contribution in [2.24, 2.45) is 0 Å². The van der Waals surface area contributed by atoms with Crippen molar-refractivity contribution in [1.82, 2.24) is 5.32 Å². The molecule has 0 spiro atoms. The van der Waals surface area contributed by atoms with Crippen LogP contribution in [-0.4, -0.2) is 39.4 Å². The van der Waals surface area contributed by atoms with Gasteiger partial charge < -0.3 is 29.0 Å². The zero-order valence-corrected chi connectivity index (χ0v) is 20.7. The Morgan fingerprint density at radius 2 is 1.47 bits per heavy atom. The van der Waals surface area contributed by atoms with Gasteiger partial charge in [0.25, 0.3) is 0 Å². The summed E-state index contributed by atoms with van der Waals surface area (Å²) in [7, 11) is 3.07. The van der Waals surface area contributed by atoms with Crippen LogP contribution in [0.4, 0.5) is 4.79 Å². The minimum atomic E-state index is -0.829. The van der Waals surface area contributed by atoms with Crippen molar-refractivity contribution in [2.45, 2.75) is 26.4 Å². The number of benzene rings is 3. The van der Waals surface area contributed by atoms with Gasteiger partial charge in [-0.25, -0.2) is 4.79 Å². The van der Waals surface area contributed by atoms with Crippen LogP contribution in [0.25, 0.3) is 0 Å². The maximum Gasteiger partial charge on any atom is 0.513 e. The Hall–Kier alpha value is -4.20. The second-order valence-electron chi connectivity index (χ2n) is 7.81. The molecule has 0 aliphatic rings. The van der Waals surface area contributed by atoms with Gasteiger partial charge in [0.15, 0.2) is 23.0 Å². The van der Waals surface area contributed by atoms with Crippen molar-refractivity contribution in [2.75, 3.05) is 27.4 Å². The molecule has 3 aromatic rings. The molecule has 0 aromatic heterocycles. The van der Waals surface area contributed by atoms with Crippen LogP contribution in [0.3, 0.4) is 0 Å². The van der Waals surface area contributed by atoms with Crippen molar-refractivity contribution in [3.8, 4) is 23.0 Å². The van der Waals surface area contributed by atoms with Gasteiger partial charge in [0.2, 0.25) is 5.91 Å². The highest BCUT2D eigenvalue weighted by molar-refractivity contribution is 5.79. The second-order valence-corrected chi connectivity index (χ2v) is 7.81. The fourth-order valence-electron chi connectivity index (χ4n) is 3.46. The Labute approximate surface area is 211 Å². The molecule has 190 valence electrons. The fourth-order valence-corrected chi connectivity index (χ4v) is 3.46. The Morgan fingerprint density at radius 3 is 2.19 bits per heavy atom. The summed E-state index contributed by atoms with van der Waals surface area (Å²) in [5.41, 5.74) is 2.76. The van der Waals surface area contributed by atoms with E-state index in [1.54, 1.807) is 32.2 Å². The van der Waals surface area contributed by atoms with E-state index in [1.165, 1.54) is 7.11 Å². The molecule has 0 fully saturated rings. The van der Waals surface area contributed by atoms with E-state index in [1.807, 2.05) is 48.5 Å². The van der Waals surface area contributed by atoms with Crippen LogP contribution in [0.5, 0.6) is 23.0 Å². The third kappa shape index (κ3) is 7.94. The van der Waals surface area contributed by atoms with Crippen molar-refractivity contribution in [3.05, 3.63) is 83.4 Å². The number of rotatable bonds is 12. The maximum atomic E-state index is 12.5. The highest BCUT2D eigenvalue weighted by Gasteiger charge is 2.13. The molecule has 3 rings (SSSR count). The quantitative estimate of drug-likeness (QED) is 0.288. The van der Waals surface area contributed by atoms with Crippen molar-refractivity contribution in [1.29, 1.82) is 0 Å². The molecule has 0 radical (unpaired) electrons. The number of nitrogens with one attached hydrogen (secondary N) is 1. The lowest BCUT2D eigenvalue weighted by Gasteiger charge is -2.13. The lowest BCUT2D eigenvalue weighted by molar-refractivity contribution is -0.120. The summed E-state index contributed by atoms with van der Waals surface area (Å²) in [4.78, 5) is 24.1. The molecule has 0 saturated heterocycles. The van der Waals surface area contributed by atoms with E-state index in [0.29, 0.717) is 42.4 Å². The maximum absolute atomic E-state index is 12.5. The molecule has 3 aromatic carbocycles. The number of hydrogen-bond donors (Lipinski definition) is 1. The number of carbonyl (C=O) groups is 2. The van der Waals surface area contributed by atoms with Crippen LogP contribution in [0, 0.1) is 0 Å². The number of hydrogen-bond acceptors (Lipinski definition) is 7. The molecule has 1 amide bonds. The molecule has 0 saturated carbocycles. The Kier molecular flexibility index (Phi) is 10.00.